The van der Waals surface area contributed by atoms with Crippen molar-refractivity contribution >= 4 is 11.6 Å². The van der Waals surface area contributed by atoms with Crippen molar-refractivity contribution in [2.24, 2.45) is 0 Å². The number of anilines is 1. The van der Waals surface area contributed by atoms with Gasteiger partial charge in [-0.15, -0.1) is 0 Å². The van der Waals surface area contributed by atoms with Gasteiger partial charge in [-0.05, 0) is 18.2 Å². The Morgan fingerprint density at radius 1 is 1.53 bits per heavy atom. The van der Waals surface area contributed by atoms with Gasteiger partial charge >= 0.3 is 0 Å². The largest absolute Gasteiger partial charge is 0.383 e. The summed E-state index contributed by atoms with van der Waals surface area (Å²) < 4.78 is 17.8. The first-order chi connectivity index (χ1) is 8.15. The molecule has 0 heterocycles. The van der Waals surface area contributed by atoms with Crippen molar-refractivity contribution in [1.82, 2.24) is 5.32 Å². The maximum absolute atomic E-state index is 13.0. The van der Waals surface area contributed by atoms with Crippen LogP contribution in [0.1, 0.15) is 0 Å². The van der Waals surface area contributed by atoms with Crippen LogP contribution < -0.4 is 10.2 Å². The monoisotopic (exact) mass is 240 g/mol. The predicted octanol–water partition coefficient (Wildman–Crippen LogP) is 1.02. The van der Waals surface area contributed by atoms with E-state index in [0.29, 0.717) is 18.8 Å². The van der Waals surface area contributed by atoms with E-state index in [1.807, 2.05) is 0 Å². The van der Waals surface area contributed by atoms with Gasteiger partial charge in [0.25, 0.3) is 0 Å². The van der Waals surface area contributed by atoms with Crippen LogP contribution in [0.3, 0.4) is 0 Å². The van der Waals surface area contributed by atoms with E-state index in [9.17, 15) is 9.18 Å². The molecule has 0 aliphatic carbocycles. The molecule has 0 aliphatic heterocycles. The number of nitrogens with zero attached hydrogens (tertiary/aromatic N) is 1. The van der Waals surface area contributed by atoms with Gasteiger partial charge in [0.05, 0.1) is 13.2 Å². The van der Waals surface area contributed by atoms with Crippen LogP contribution >= 0.6 is 0 Å². The van der Waals surface area contributed by atoms with E-state index in [1.54, 1.807) is 26.3 Å². The minimum absolute atomic E-state index is 0.119. The average molecular weight is 240 g/mol. The molecule has 0 fully saturated rings. The number of ether oxygens (including phenoxy) is 1. The molecule has 17 heavy (non-hydrogen) atoms. The molecule has 0 atom stereocenters. The van der Waals surface area contributed by atoms with Crippen LogP contribution in [0.2, 0.25) is 0 Å². The Bertz CT molecular complexity index is 371. The fraction of sp³-hybridized carbons (Fsp3) is 0.417. The van der Waals surface area contributed by atoms with Crippen molar-refractivity contribution in [2.75, 3.05) is 38.8 Å². The molecule has 1 aromatic rings. The van der Waals surface area contributed by atoms with Gasteiger partial charge in [-0.1, -0.05) is 6.07 Å². The third-order valence-electron chi connectivity index (χ3n) is 2.33. The molecule has 0 saturated carbocycles. The van der Waals surface area contributed by atoms with Crippen molar-refractivity contribution in [3.05, 3.63) is 30.1 Å². The van der Waals surface area contributed by atoms with Crippen molar-refractivity contribution in [3.8, 4) is 0 Å². The smallest absolute Gasteiger partial charge is 0.240 e. The third kappa shape index (κ3) is 4.50. The number of hydrogen-bond acceptors (Lipinski definition) is 3. The Labute approximate surface area is 100 Å². The van der Waals surface area contributed by atoms with Crippen molar-refractivity contribution in [1.29, 1.82) is 0 Å². The summed E-state index contributed by atoms with van der Waals surface area (Å²) in [5.41, 5.74) is 0.545. The predicted molar refractivity (Wildman–Crippen MR) is 64.6 cm³/mol. The van der Waals surface area contributed by atoms with Gasteiger partial charge in [-0.2, -0.15) is 0 Å². The van der Waals surface area contributed by atoms with Crippen LogP contribution in [0.5, 0.6) is 0 Å². The second-order valence-electron chi connectivity index (χ2n) is 3.60. The van der Waals surface area contributed by atoms with Gasteiger partial charge < -0.3 is 15.0 Å². The van der Waals surface area contributed by atoms with Gasteiger partial charge in [0.2, 0.25) is 5.91 Å². The molecule has 0 bridgehead atoms. The van der Waals surface area contributed by atoms with Crippen LogP contribution in [0.15, 0.2) is 24.3 Å². The summed E-state index contributed by atoms with van der Waals surface area (Å²) in [6.07, 6.45) is 0. The Morgan fingerprint density at radius 2 is 2.29 bits per heavy atom. The number of rotatable bonds is 6. The molecule has 1 N–H and O–H groups in total. The zero-order valence-corrected chi connectivity index (χ0v) is 10.1. The molecule has 1 aromatic carbocycles. The van der Waals surface area contributed by atoms with Crippen molar-refractivity contribution in [2.45, 2.75) is 0 Å². The fourth-order valence-corrected chi connectivity index (χ4v) is 1.32. The summed E-state index contributed by atoms with van der Waals surface area (Å²) in [7, 11) is 3.22. The standard InChI is InChI=1S/C12H17FN2O2/c1-15(11-5-3-4-10(13)8-11)12(16)9-14-6-7-17-2/h3-5,8,14H,6-7,9H2,1-2H3. The Morgan fingerprint density at radius 3 is 2.94 bits per heavy atom. The van der Waals surface area contributed by atoms with E-state index in [4.69, 9.17) is 4.74 Å². The molecule has 0 saturated heterocycles. The SMILES string of the molecule is COCCNCC(=O)N(C)c1cccc(F)c1. The fourth-order valence-electron chi connectivity index (χ4n) is 1.32. The number of likely N-dealkylation sites (N-methyl/N-ethyl adjacent to an activating group) is 1. The van der Waals surface area contributed by atoms with Crippen molar-refractivity contribution in [3.63, 3.8) is 0 Å². The minimum atomic E-state index is -0.352. The van der Waals surface area contributed by atoms with E-state index in [1.165, 1.54) is 17.0 Å². The molecular formula is C12H17FN2O2. The Kier molecular flexibility index (Phi) is 5.59. The van der Waals surface area contributed by atoms with Gasteiger partial charge in [-0.25, -0.2) is 4.39 Å². The molecule has 0 spiro atoms. The summed E-state index contributed by atoms with van der Waals surface area (Å²) in [6.45, 7) is 1.37. The highest BCUT2D eigenvalue weighted by Gasteiger charge is 2.10. The van der Waals surface area contributed by atoms with E-state index in [-0.39, 0.29) is 18.3 Å². The van der Waals surface area contributed by atoms with Gasteiger partial charge in [0.15, 0.2) is 0 Å². The summed E-state index contributed by atoms with van der Waals surface area (Å²) >= 11 is 0. The maximum Gasteiger partial charge on any atom is 0.240 e. The average Bonchev–Trinajstić information content (AvgIpc) is 2.33. The Hall–Kier alpha value is -1.46. The molecule has 0 aliphatic rings. The highest BCUT2D eigenvalue weighted by Crippen LogP contribution is 2.13. The van der Waals surface area contributed by atoms with E-state index in [0.717, 1.165) is 0 Å². The normalized spacial score (nSPS) is 10.3. The molecular weight excluding hydrogens is 223 g/mol. The van der Waals surface area contributed by atoms with Crippen LogP contribution in [0, 0.1) is 5.82 Å². The quantitative estimate of drug-likeness (QED) is 0.755. The zero-order chi connectivity index (χ0) is 12.7. The van der Waals surface area contributed by atoms with E-state index in [2.05, 4.69) is 5.32 Å². The number of methoxy groups -OCH3 is 1. The van der Waals surface area contributed by atoms with Crippen LogP contribution in [0.4, 0.5) is 10.1 Å². The lowest BCUT2D eigenvalue weighted by Crippen LogP contribution is -2.36. The highest BCUT2D eigenvalue weighted by atomic mass is 19.1. The van der Waals surface area contributed by atoms with E-state index < -0.39 is 0 Å². The molecule has 5 heteroatoms. The lowest BCUT2D eigenvalue weighted by atomic mass is 10.3. The second-order valence-corrected chi connectivity index (χ2v) is 3.60. The topological polar surface area (TPSA) is 41.6 Å². The Balaban J connectivity index is 2.46. The number of amides is 1. The number of carbonyl (C=O) groups is 1. The number of nitrogens with one attached hydrogen (secondary N) is 1. The number of hydrogen-bond donors (Lipinski definition) is 1. The van der Waals surface area contributed by atoms with Crippen molar-refractivity contribution < 1.29 is 13.9 Å². The molecule has 0 radical (unpaired) electrons. The summed E-state index contributed by atoms with van der Waals surface area (Å²) in [6, 6.07) is 5.94. The first kappa shape index (κ1) is 13.6. The molecule has 0 unspecified atom stereocenters. The molecule has 1 rings (SSSR count). The van der Waals surface area contributed by atoms with Gasteiger partial charge in [0, 0.05) is 26.4 Å². The summed E-state index contributed by atoms with van der Waals surface area (Å²) in [5, 5.41) is 2.94. The van der Waals surface area contributed by atoms with Crippen LogP contribution in [-0.4, -0.2) is 39.8 Å². The second kappa shape index (κ2) is 6.98. The van der Waals surface area contributed by atoms with Crippen LogP contribution in [-0.2, 0) is 9.53 Å². The third-order valence-corrected chi connectivity index (χ3v) is 2.33. The van der Waals surface area contributed by atoms with Gasteiger partial charge in [0.1, 0.15) is 5.82 Å². The number of halogens is 1. The highest BCUT2D eigenvalue weighted by molar-refractivity contribution is 5.94. The molecule has 0 aromatic heterocycles. The van der Waals surface area contributed by atoms with Gasteiger partial charge in [-0.3, -0.25) is 4.79 Å². The van der Waals surface area contributed by atoms with E-state index >= 15 is 0 Å². The molecule has 4 nitrogen and oxygen atoms in total. The number of benzene rings is 1. The zero-order valence-electron chi connectivity index (χ0n) is 10.1. The summed E-state index contributed by atoms with van der Waals surface area (Å²) in [5.74, 6) is -0.471. The first-order valence-corrected chi connectivity index (χ1v) is 5.37. The minimum Gasteiger partial charge on any atom is -0.383 e. The summed E-state index contributed by atoms with van der Waals surface area (Å²) in [4.78, 5) is 13.1. The van der Waals surface area contributed by atoms with Crippen LogP contribution in [0.25, 0.3) is 0 Å². The first-order valence-electron chi connectivity index (χ1n) is 5.37. The lowest BCUT2D eigenvalue weighted by molar-refractivity contribution is -0.117. The lowest BCUT2D eigenvalue weighted by Gasteiger charge is -2.17. The molecule has 94 valence electrons. The number of carbonyl (C=O) groups excluding carboxylic acids is 1. The molecule has 1 amide bonds. The maximum atomic E-state index is 13.0.